The van der Waals surface area contributed by atoms with Crippen molar-refractivity contribution in [2.75, 3.05) is 13.6 Å². The van der Waals surface area contributed by atoms with Crippen LogP contribution >= 0.6 is 0 Å². The first-order chi connectivity index (χ1) is 14.6. The molecule has 2 aromatic carbocycles. The number of guanidine groups is 1. The van der Waals surface area contributed by atoms with E-state index in [0.717, 1.165) is 52.3 Å². The van der Waals surface area contributed by atoms with E-state index in [1.807, 2.05) is 29.2 Å². The fraction of sp³-hybridized carbons (Fsp3) is 0.333. The molecule has 1 fully saturated rings. The summed E-state index contributed by atoms with van der Waals surface area (Å²) in [6.07, 6.45) is 1.64. The largest absolute Gasteiger partial charge is 0.459 e. The monoisotopic (exact) mass is 404 g/mol. The molecule has 1 amide bonds. The van der Waals surface area contributed by atoms with E-state index >= 15 is 0 Å². The van der Waals surface area contributed by atoms with Crippen LogP contribution in [0, 0.1) is 6.92 Å². The Balaban J connectivity index is 1.33. The third kappa shape index (κ3) is 4.48. The predicted octanol–water partition coefficient (Wildman–Crippen LogP) is 3.73. The number of hydrogen-bond acceptors (Lipinski definition) is 3. The van der Waals surface area contributed by atoms with Crippen LogP contribution in [0.4, 0.5) is 0 Å². The zero-order valence-electron chi connectivity index (χ0n) is 17.6. The van der Waals surface area contributed by atoms with E-state index in [9.17, 15) is 4.79 Å². The number of amides is 1. The number of nitrogens with zero attached hydrogens (tertiary/aromatic N) is 2. The van der Waals surface area contributed by atoms with Crippen LogP contribution in [0.5, 0.6) is 0 Å². The van der Waals surface area contributed by atoms with Crippen molar-refractivity contribution < 1.29 is 9.21 Å². The fourth-order valence-electron chi connectivity index (χ4n) is 3.89. The molecule has 6 nitrogen and oxygen atoms in total. The second-order valence-electron chi connectivity index (χ2n) is 7.66. The lowest BCUT2D eigenvalue weighted by atomic mass is 10.1. The van der Waals surface area contributed by atoms with Crippen LogP contribution in [0.3, 0.4) is 0 Å². The van der Waals surface area contributed by atoms with Crippen LogP contribution in [0.15, 0.2) is 57.9 Å². The van der Waals surface area contributed by atoms with Gasteiger partial charge in [-0.25, -0.2) is 0 Å². The molecule has 6 heteroatoms. The van der Waals surface area contributed by atoms with Crippen molar-refractivity contribution in [3.05, 3.63) is 71.0 Å². The third-order valence-corrected chi connectivity index (χ3v) is 5.58. The van der Waals surface area contributed by atoms with Crippen molar-refractivity contribution in [3.63, 3.8) is 0 Å². The molecule has 1 aromatic heterocycles. The molecule has 0 bridgehead atoms. The van der Waals surface area contributed by atoms with Gasteiger partial charge in [-0.15, -0.1) is 0 Å². The Hall–Kier alpha value is -3.28. The molecule has 0 unspecified atom stereocenters. The molecule has 0 aliphatic carbocycles. The molecule has 2 N–H and O–H groups in total. The van der Waals surface area contributed by atoms with Gasteiger partial charge in [-0.3, -0.25) is 9.79 Å². The number of para-hydroxylation sites is 1. The summed E-state index contributed by atoms with van der Waals surface area (Å²) < 4.78 is 5.97. The van der Waals surface area contributed by atoms with Crippen LogP contribution in [0.25, 0.3) is 11.0 Å². The highest BCUT2D eigenvalue weighted by molar-refractivity contribution is 5.83. The number of hydrogen-bond donors (Lipinski definition) is 2. The maximum Gasteiger partial charge on any atom is 0.222 e. The van der Waals surface area contributed by atoms with Crippen LogP contribution in [-0.4, -0.2) is 30.4 Å². The lowest BCUT2D eigenvalue weighted by Crippen LogP contribution is -2.36. The number of aliphatic imine (C=N–C) groups is 1. The van der Waals surface area contributed by atoms with E-state index in [1.165, 1.54) is 0 Å². The molecule has 1 aliphatic rings. The fourth-order valence-corrected chi connectivity index (χ4v) is 3.89. The summed E-state index contributed by atoms with van der Waals surface area (Å²) in [5, 5.41) is 7.83. The molecule has 0 spiro atoms. The van der Waals surface area contributed by atoms with E-state index in [1.54, 1.807) is 7.05 Å². The van der Waals surface area contributed by atoms with Gasteiger partial charge in [0.15, 0.2) is 5.96 Å². The summed E-state index contributed by atoms with van der Waals surface area (Å²) in [7, 11) is 1.76. The summed E-state index contributed by atoms with van der Waals surface area (Å²) in [6.45, 7) is 4.84. The number of likely N-dealkylation sites (tertiary alicyclic amines) is 1. The first kappa shape index (κ1) is 20.0. The Morgan fingerprint density at radius 2 is 1.90 bits per heavy atom. The molecule has 1 aliphatic heterocycles. The van der Waals surface area contributed by atoms with Gasteiger partial charge in [-0.1, -0.05) is 42.5 Å². The number of furan rings is 1. The van der Waals surface area contributed by atoms with E-state index < -0.39 is 0 Å². The van der Waals surface area contributed by atoms with Crippen LogP contribution in [-0.2, 0) is 24.4 Å². The normalized spacial score (nSPS) is 14.5. The number of fused-ring (bicyclic) bond motifs is 1. The SMILES string of the molecule is CN=C(NCc1cccc(CN2CCCC2=O)c1)NCc1oc2ccccc2c1C. The first-order valence-electron chi connectivity index (χ1n) is 10.4. The Labute approximate surface area is 177 Å². The summed E-state index contributed by atoms with van der Waals surface area (Å²) >= 11 is 0. The minimum absolute atomic E-state index is 0.254. The second-order valence-corrected chi connectivity index (χ2v) is 7.66. The average Bonchev–Trinajstić information content (AvgIpc) is 3.31. The predicted molar refractivity (Wildman–Crippen MR) is 119 cm³/mol. The molecule has 0 saturated carbocycles. The zero-order valence-corrected chi connectivity index (χ0v) is 17.6. The van der Waals surface area contributed by atoms with Crippen LogP contribution in [0.2, 0.25) is 0 Å². The summed E-state index contributed by atoms with van der Waals surface area (Å²) in [4.78, 5) is 18.1. The van der Waals surface area contributed by atoms with Gasteiger partial charge in [-0.2, -0.15) is 0 Å². The van der Waals surface area contributed by atoms with Gasteiger partial charge in [0.05, 0.1) is 6.54 Å². The second kappa shape index (κ2) is 9.03. The highest BCUT2D eigenvalue weighted by Crippen LogP contribution is 2.24. The van der Waals surface area contributed by atoms with Crippen LogP contribution < -0.4 is 10.6 Å². The number of benzene rings is 2. The van der Waals surface area contributed by atoms with E-state index in [0.29, 0.717) is 26.1 Å². The Kier molecular flexibility index (Phi) is 6.02. The van der Waals surface area contributed by atoms with Crippen molar-refractivity contribution >= 4 is 22.8 Å². The number of aryl methyl sites for hydroxylation is 1. The highest BCUT2D eigenvalue weighted by atomic mass is 16.3. The standard InChI is InChI=1S/C24H28N4O2/c1-17-20-9-3-4-10-21(20)30-22(17)15-27-24(25-2)26-14-18-7-5-8-19(13-18)16-28-12-6-11-23(28)29/h3-5,7-10,13H,6,11-12,14-16H2,1-2H3,(H2,25,26,27). The zero-order chi connectivity index (χ0) is 20.9. The van der Waals surface area contributed by atoms with Gasteiger partial charge in [0.1, 0.15) is 11.3 Å². The first-order valence-corrected chi connectivity index (χ1v) is 10.4. The molecule has 0 radical (unpaired) electrons. The number of rotatable bonds is 6. The minimum Gasteiger partial charge on any atom is -0.459 e. The van der Waals surface area contributed by atoms with Crippen molar-refractivity contribution in [2.45, 2.75) is 39.4 Å². The molecular formula is C24H28N4O2. The molecule has 1 saturated heterocycles. The highest BCUT2D eigenvalue weighted by Gasteiger charge is 2.20. The smallest absolute Gasteiger partial charge is 0.222 e. The molecule has 0 atom stereocenters. The Bertz CT molecular complexity index is 1070. The summed E-state index contributed by atoms with van der Waals surface area (Å²) in [5.41, 5.74) is 4.37. The van der Waals surface area contributed by atoms with Crippen molar-refractivity contribution in [1.29, 1.82) is 0 Å². The third-order valence-electron chi connectivity index (χ3n) is 5.58. The van der Waals surface area contributed by atoms with Gasteiger partial charge in [-0.05, 0) is 30.5 Å². The Morgan fingerprint density at radius 1 is 1.10 bits per heavy atom. The van der Waals surface area contributed by atoms with E-state index in [4.69, 9.17) is 4.42 Å². The quantitative estimate of drug-likeness (QED) is 0.485. The summed E-state index contributed by atoms with van der Waals surface area (Å²) in [5.74, 6) is 1.88. The topological polar surface area (TPSA) is 69.9 Å². The van der Waals surface area contributed by atoms with Gasteiger partial charge >= 0.3 is 0 Å². The van der Waals surface area contributed by atoms with E-state index in [2.05, 4.69) is 46.8 Å². The van der Waals surface area contributed by atoms with Gasteiger partial charge < -0.3 is 20.0 Å². The molecular weight excluding hydrogens is 376 g/mol. The van der Waals surface area contributed by atoms with Gasteiger partial charge in [0.2, 0.25) is 5.91 Å². The maximum absolute atomic E-state index is 11.9. The van der Waals surface area contributed by atoms with E-state index in [-0.39, 0.29) is 5.91 Å². The van der Waals surface area contributed by atoms with Gasteiger partial charge in [0, 0.05) is 44.1 Å². The summed E-state index contributed by atoms with van der Waals surface area (Å²) in [6, 6.07) is 16.4. The van der Waals surface area contributed by atoms with Crippen molar-refractivity contribution in [1.82, 2.24) is 15.5 Å². The van der Waals surface area contributed by atoms with Crippen molar-refractivity contribution in [2.24, 2.45) is 4.99 Å². The molecule has 2 heterocycles. The molecule has 156 valence electrons. The van der Waals surface area contributed by atoms with Gasteiger partial charge in [0.25, 0.3) is 0 Å². The molecule has 3 aromatic rings. The number of carbonyl (C=O) groups is 1. The molecule has 30 heavy (non-hydrogen) atoms. The number of carbonyl (C=O) groups excluding carboxylic acids is 1. The van der Waals surface area contributed by atoms with Crippen molar-refractivity contribution in [3.8, 4) is 0 Å². The minimum atomic E-state index is 0.254. The maximum atomic E-state index is 11.9. The lowest BCUT2D eigenvalue weighted by Gasteiger charge is -2.16. The Morgan fingerprint density at radius 3 is 2.67 bits per heavy atom. The molecule has 4 rings (SSSR count). The van der Waals surface area contributed by atoms with Crippen LogP contribution in [0.1, 0.15) is 35.3 Å². The number of nitrogens with one attached hydrogen (secondary N) is 2. The lowest BCUT2D eigenvalue weighted by molar-refractivity contribution is -0.128. The average molecular weight is 405 g/mol.